The molecule has 1 aliphatic carbocycles. The maximum Gasteiger partial charge on any atom is 0.273 e. The number of hydrogen-bond acceptors (Lipinski definition) is 4. The van der Waals surface area contributed by atoms with Gasteiger partial charge in [0.15, 0.2) is 0 Å². The lowest BCUT2D eigenvalue weighted by Gasteiger charge is -2.25. The summed E-state index contributed by atoms with van der Waals surface area (Å²) in [6.07, 6.45) is 7.69. The van der Waals surface area contributed by atoms with E-state index in [9.17, 15) is 4.79 Å². The Kier molecular flexibility index (Phi) is 6.12. The maximum absolute atomic E-state index is 13.9. The number of pyridine rings is 1. The largest absolute Gasteiger partial charge is 0.496 e. The number of nitrogens with zero attached hydrogens (tertiary/aromatic N) is 4. The molecule has 1 aliphatic rings. The van der Waals surface area contributed by atoms with Gasteiger partial charge in [0.1, 0.15) is 11.4 Å². The van der Waals surface area contributed by atoms with Crippen molar-refractivity contribution in [2.24, 2.45) is 0 Å². The van der Waals surface area contributed by atoms with Gasteiger partial charge >= 0.3 is 0 Å². The lowest BCUT2D eigenvalue weighted by atomic mass is 9.95. The molecule has 4 rings (SSSR count). The molecule has 0 unspecified atom stereocenters. The van der Waals surface area contributed by atoms with E-state index < -0.39 is 0 Å². The Bertz CT molecular complexity index is 1010. The van der Waals surface area contributed by atoms with E-state index in [0.29, 0.717) is 19.6 Å². The highest BCUT2D eigenvalue weighted by Crippen LogP contribution is 2.27. The third-order valence-electron chi connectivity index (χ3n) is 5.66. The molecule has 1 amide bonds. The van der Waals surface area contributed by atoms with Crippen LogP contribution >= 0.6 is 0 Å². The van der Waals surface area contributed by atoms with E-state index in [1.54, 1.807) is 13.3 Å². The third-order valence-corrected chi connectivity index (χ3v) is 5.66. The van der Waals surface area contributed by atoms with Crippen molar-refractivity contribution in [3.63, 3.8) is 0 Å². The van der Waals surface area contributed by atoms with E-state index >= 15 is 0 Å². The Labute approximate surface area is 177 Å². The molecular formula is C24H28N4O2. The Balaban J connectivity index is 1.72. The second kappa shape index (κ2) is 9.11. The van der Waals surface area contributed by atoms with Gasteiger partial charge in [0.25, 0.3) is 5.91 Å². The first-order chi connectivity index (χ1) is 14.7. The van der Waals surface area contributed by atoms with E-state index in [0.717, 1.165) is 59.5 Å². The van der Waals surface area contributed by atoms with E-state index in [1.807, 2.05) is 59.1 Å². The first kappa shape index (κ1) is 20.1. The van der Waals surface area contributed by atoms with E-state index in [4.69, 9.17) is 9.84 Å². The summed E-state index contributed by atoms with van der Waals surface area (Å²) in [5.41, 5.74) is 4.94. The van der Waals surface area contributed by atoms with Gasteiger partial charge in [0.05, 0.1) is 19.3 Å². The van der Waals surface area contributed by atoms with Crippen molar-refractivity contribution in [3.8, 4) is 5.75 Å². The molecule has 30 heavy (non-hydrogen) atoms. The number of methoxy groups -OCH3 is 1. The van der Waals surface area contributed by atoms with E-state index in [-0.39, 0.29) is 5.91 Å². The van der Waals surface area contributed by atoms with Crippen molar-refractivity contribution in [2.75, 3.05) is 7.11 Å². The normalized spacial score (nSPS) is 13.0. The molecule has 156 valence electrons. The molecule has 1 aromatic carbocycles. The molecule has 6 nitrogen and oxygen atoms in total. The van der Waals surface area contributed by atoms with Crippen molar-refractivity contribution in [3.05, 3.63) is 76.9 Å². The fourth-order valence-corrected chi connectivity index (χ4v) is 4.18. The summed E-state index contributed by atoms with van der Waals surface area (Å²) in [5.74, 6) is 0.801. The fraction of sp³-hybridized carbons (Fsp3) is 0.375. The third kappa shape index (κ3) is 4.08. The van der Waals surface area contributed by atoms with Crippen LogP contribution < -0.4 is 4.74 Å². The zero-order valence-electron chi connectivity index (χ0n) is 17.7. The first-order valence-electron chi connectivity index (χ1n) is 10.6. The minimum Gasteiger partial charge on any atom is -0.496 e. The van der Waals surface area contributed by atoms with Crippen LogP contribution in [-0.4, -0.2) is 32.7 Å². The standard InChI is InChI=1S/C24H28N4O2/c1-3-28-23(20-11-5-6-12-21(20)26-28)24(29)27(16-18-9-8-14-25-15-18)17-19-10-4-7-13-22(19)30-2/h4,7-10,13-15H,3,5-6,11-12,16-17H2,1-2H3. The quantitative estimate of drug-likeness (QED) is 0.597. The number of para-hydroxylation sites is 1. The van der Waals surface area contributed by atoms with Gasteiger partial charge in [0, 0.05) is 36.6 Å². The average molecular weight is 405 g/mol. The number of aryl methyl sites for hydroxylation is 2. The molecule has 2 heterocycles. The van der Waals surface area contributed by atoms with Crippen LogP contribution in [0.4, 0.5) is 0 Å². The summed E-state index contributed by atoms with van der Waals surface area (Å²) in [7, 11) is 1.66. The lowest BCUT2D eigenvalue weighted by Crippen LogP contribution is -2.33. The van der Waals surface area contributed by atoms with Gasteiger partial charge in [-0.3, -0.25) is 14.5 Å². The molecule has 0 spiro atoms. The predicted octanol–water partition coefficient (Wildman–Crippen LogP) is 4.03. The Morgan fingerprint density at radius 2 is 1.97 bits per heavy atom. The highest BCUT2D eigenvalue weighted by Gasteiger charge is 2.28. The number of carbonyl (C=O) groups excluding carboxylic acids is 1. The van der Waals surface area contributed by atoms with Crippen molar-refractivity contribution in [1.29, 1.82) is 0 Å². The van der Waals surface area contributed by atoms with Gasteiger partial charge < -0.3 is 9.64 Å². The number of ether oxygens (including phenoxy) is 1. The highest BCUT2D eigenvalue weighted by atomic mass is 16.5. The number of rotatable bonds is 7. The van der Waals surface area contributed by atoms with Crippen molar-refractivity contribution >= 4 is 5.91 Å². The van der Waals surface area contributed by atoms with Gasteiger partial charge in [-0.15, -0.1) is 0 Å². The smallest absolute Gasteiger partial charge is 0.273 e. The van der Waals surface area contributed by atoms with Crippen LogP contribution in [0.15, 0.2) is 48.8 Å². The van der Waals surface area contributed by atoms with Crippen LogP contribution in [0.25, 0.3) is 0 Å². The predicted molar refractivity (Wildman–Crippen MR) is 115 cm³/mol. The van der Waals surface area contributed by atoms with Gasteiger partial charge in [-0.2, -0.15) is 5.10 Å². The van der Waals surface area contributed by atoms with Gasteiger partial charge in [-0.05, 0) is 50.3 Å². The highest BCUT2D eigenvalue weighted by molar-refractivity contribution is 5.94. The van der Waals surface area contributed by atoms with E-state index in [2.05, 4.69) is 4.98 Å². The Hall–Kier alpha value is -3.15. The number of carbonyl (C=O) groups is 1. The summed E-state index contributed by atoms with van der Waals surface area (Å²) in [6.45, 7) is 3.67. The number of fused-ring (bicyclic) bond motifs is 1. The molecule has 0 bridgehead atoms. The second-order valence-corrected chi connectivity index (χ2v) is 7.63. The summed E-state index contributed by atoms with van der Waals surface area (Å²) in [4.78, 5) is 20.0. The molecule has 0 radical (unpaired) electrons. The SMILES string of the molecule is CCn1nc2c(c1C(=O)N(Cc1cccnc1)Cc1ccccc1OC)CCCC2. The summed E-state index contributed by atoms with van der Waals surface area (Å²) >= 11 is 0. The molecule has 2 aromatic heterocycles. The number of amides is 1. The monoisotopic (exact) mass is 404 g/mol. The molecule has 0 saturated carbocycles. The minimum absolute atomic E-state index is 0.0160. The number of aromatic nitrogens is 3. The second-order valence-electron chi connectivity index (χ2n) is 7.63. The molecule has 6 heteroatoms. The summed E-state index contributed by atoms with van der Waals surface area (Å²) < 4.78 is 7.42. The molecule has 0 N–H and O–H groups in total. The number of benzene rings is 1. The molecular weight excluding hydrogens is 376 g/mol. The van der Waals surface area contributed by atoms with Gasteiger partial charge in [-0.25, -0.2) is 0 Å². The van der Waals surface area contributed by atoms with Gasteiger partial charge in [0.2, 0.25) is 0 Å². The fourth-order valence-electron chi connectivity index (χ4n) is 4.18. The zero-order chi connectivity index (χ0) is 20.9. The van der Waals surface area contributed by atoms with Crippen molar-refractivity contribution in [2.45, 2.75) is 52.2 Å². The Morgan fingerprint density at radius 1 is 1.13 bits per heavy atom. The van der Waals surface area contributed by atoms with Crippen LogP contribution in [0.2, 0.25) is 0 Å². The van der Waals surface area contributed by atoms with E-state index in [1.165, 1.54) is 0 Å². The summed E-state index contributed by atoms with van der Waals surface area (Å²) in [5, 5.41) is 4.75. The van der Waals surface area contributed by atoms with Crippen LogP contribution in [-0.2, 0) is 32.5 Å². The Morgan fingerprint density at radius 3 is 2.73 bits per heavy atom. The molecule has 0 fully saturated rings. The zero-order valence-corrected chi connectivity index (χ0v) is 17.7. The minimum atomic E-state index is 0.0160. The topological polar surface area (TPSA) is 60.2 Å². The first-order valence-corrected chi connectivity index (χ1v) is 10.6. The molecule has 0 atom stereocenters. The average Bonchev–Trinajstić information content (AvgIpc) is 3.18. The van der Waals surface area contributed by atoms with Crippen molar-refractivity contribution < 1.29 is 9.53 Å². The molecule has 0 saturated heterocycles. The number of hydrogen-bond donors (Lipinski definition) is 0. The van der Waals surface area contributed by atoms with Crippen LogP contribution in [0.1, 0.15) is 52.6 Å². The van der Waals surface area contributed by atoms with Crippen LogP contribution in [0, 0.1) is 0 Å². The lowest BCUT2D eigenvalue weighted by molar-refractivity contribution is 0.0714. The van der Waals surface area contributed by atoms with Crippen LogP contribution in [0.5, 0.6) is 5.75 Å². The molecule has 3 aromatic rings. The summed E-state index contributed by atoms with van der Waals surface area (Å²) in [6, 6.07) is 11.8. The van der Waals surface area contributed by atoms with Gasteiger partial charge in [-0.1, -0.05) is 24.3 Å². The van der Waals surface area contributed by atoms with Crippen LogP contribution in [0.3, 0.4) is 0 Å². The molecule has 0 aliphatic heterocycles. The van der Waals surface area contributed by atoms with Crippen molar-refractivity contribution in [1.82, 2.24) is 19.7 Å². The maximum atomic E-state index is 13.9.